The van der Waals surface area contributed by atoms with Crippen molar-refractivity contribution >= 4 is 23.5 Å². The third-order valence-corrected chi connectivity index (χ3v) is 9.23. The molecule has 3 fully saturated rings. The molecule has 0 nitrogen and oxygen atoms in total. The third-order valence-electron chi connectivity index (χ3n) is 4.13. The molecule has 0 saturated carbocycles. The second kappa shape index (κ2) is 3.48. The van der Waals surface area contributed by atoms with Crippen LogP contribution < -0.4 is 0 Å². The molecule has 2 bridgehead atoms. The van der Waals surface area contributed by atoms with Gasteiger partial charge in [0.25, 0.3) is 0 Å². The van der Waals surface area contributed by atoms with Gasteiger partial charge in [-0.15, -0.1) is 23.5 Å². The molecule has 0 aliphatic carbocycles. The van der Waals surface area contributed by atoms with Gasteiger partial charge in [-0.1, -0.05) is 58.0 Å². The molecular formula is C15H20S2. The number of hydrogen-bond acceptors (Lipinski definition) is 2. The summed E-state index contributed by atoms with van der Waals surface area (Å²) in [6, 6.07) is 11.1. The molecule has 0 aromatic heterocycles. The normalized spacial score (nSPS) is 37.3. The van der Waals surface area contributed by atoms with E-state index < -0.39 is 0 Å². The maximum Gasteiger partial charge on any atom is 0.0933 e. The van der Waals surface area contributed by atoms with E-state index in [0.29, 0.717) is 14.9 Å². The molecule has 3 saturated heterocycles. The van der Waals surface area contributed by atoms with Gasteiger partial charge in [0.1, 0.15) is 0 Å². The van der Waals surface area contributed by atoms with E-state index in [1.54, 1.807) is 0 Å². The molecule has 17 heavy (non-hydrogen) atoms. The first-order valence-electron chi connectivity index (χ1n) is 6.29. The van der Waals surface area contributed by atoms with Crippen LogP contribution in [0, 0.1) is 10.8 Å². The van der Waals surface area contributed by atoms with E-state index in [9.17, 15) is 0 Å². The fourth-order valence-corrected chi connectivity index (χ4v) is 7.38. The minimum atomic E-state index is 0.300. The van der Waals surface area contributed by atoms with Gasteiger partial charge in [0.2, 0.25) is 0 Å². The number of rotatable bonds is 1. The van der Waals surface area contributed by atoms with Crippen LogP contribution in [0.15, 0.2) is 30.3 Å². The molecular weight excluding hydrogens is 244 g/mol. The molecule has 92 valence electrons. The van der Waals surface area contributed by atoms with Crippen LogP contribution in [0.3, 0.4) is 0 Å². The Bertz CT molecular complexity index is 427. The summed E-state index contributed by atoms with van der Waals surface area (Å²) in [5.41, 5.74) is 2.34. The first-order valence-corrected chi connectivity index (χ1v) is 8.05. The Balaban J connectivity index is 2.02. The van der Waals surface area contributed by atoms with Gasteiger partial charge in [0.05, 0.1) is 8.66 Å². The summed E-state index contributed by atoms with van der Waals surface area (Å²) in [5, 5.41) is 0. The fraction of sp³-hybridized carbons (Fsp3) is 0.600. The Morgan fingerprint density at radius 2 is 1.59 bits per heavy atom. The fourth-order valence-electron chi connectivity index (χ4n) is 3.47. The molecule has 3 aliphatic rings. The van der Waals surface area contributed by atoms with Crippen molar-refractivity contribution in [3.05, 3.63) is 35.9 Å². The van der Waals surface area contributed by atoms with Gasteiger partial charge < -0.3 is 0 Å². The van der Waals surface area contributed by atoms with Gasteiger partial charge in [-0.2, -0.15) is 0 Å². The Morgan fingerprint density at radius 3 is 2.12 bits per heavy atom. The summed E-state index contributed by atoms with van der Waals surface area (Å²) in [6.07, 6.45) is 1.32. The smallest absolute Gasteiger partial charge is 0.0933 e. The average Bonchev–Trinajstić information content (AvgIpc) is 2.13. The molecule has 0 unspecified atom stereocenters. The van der Waals surface area contributed by atoms with Crippen LogP contribution in [-0.2, 0) is 4.08 Å². The van der Waals surface area contributed by atoms with Crippen LogP contribution in [0.5, 0.6) is 0 Å². The van der Waals surface area contributed by atoms with Crippen molar-refractivity contribution in [1.82, 2.24) is 0 Å². The molecule has 3 aliphatic heterocycles. The van der Waals surface area contributed by atoms with Crippen molar-refractivity contribution in [3.8, 4) is 0 Å². The molecule has 1 aromatic carbocycles. The van der Waals surface area contributed by atoms with Crippen molar-refractivity contribution in [2.75, 3.05) is 0 Å². The van der Waals surface area contributed by atoms with E-state index in [2.05, 4.69) is 81.6 Å². The Hall–Kier alpha value is -0.0800. The van der Waals surface area contributed by atoms with Crippen LogP contribution in [0.2, 0.25) is 0 Å². The lowest BCUT2D eigenvalue weighted by Gasteiger charge is -2.66. The summed E-state index contributed by atoms with van der Waals surface area (Å²) >= 11 is 4.39. The van der Waals surface area contributed by atoms with Gasteiger partial charge in [0.15, 0.2) is 0 Å². The largest absolute Gasteiger partial charge is 0.124 e. The third kappa shape index (κ3) is 1.53. The van der Waals surface area contributed by atoms with E-state index >= 15 is 0 Å². The van der Waals surface area contributed by atoms with E-state index in [4.69, 9.17) is 0 Å². The Kier molecular flexibility index (Phi) is 2.45. The lowest BCUT2D eigenvalue weighted by atomic mass is 9.71. The molecule has 0 N–H and O–H groups in total. The second-order valence-corrected chi connectivity index (χ2v) is 9.80. The lowest BCUT2D eigenvalue weighted by Crippen LogP contribution is -2.56. The standard InChI is InChI=1S/C15H20S2/c1-13(2)10-14(3,4)15(16-12(13)17-15)11-8-6-5-7-9-11/h5-9,12H,10H2,1-4H3. The molecule has 1 aromatic rings. The molecule has 0 atom stereocenters. The predicted octanol–water partition coefficient (Wildman–Crippen LogP) is 5.10. The molecule has 0 amide bonds. The van der Waals surface area contributed by atoms with Gasteiger partial charge in [-0.05, 0) is 22.8 Å². The van der Waals surface area contributed by atoms with Gasteiger partial charge >= 0.3 is 0 Å². The van der Waals surface area contributed by atoms with Gasteiger partial charge in [-0.25, -0.2) is 0 Å². The molecule has 3 heterocycles. The highest BCUT2D eigenvalue weighted by Gasteiger charge is 2.65. The Labute approximate surface area is 113 Å². The summed E-state index contributed by atoms with van der Waals surface area (Å²) in [6.45, 7) is 9.73. The average molecular weight is 264 g/mol. The topological polar surface area (TPSA) is 0 Å². The van der Waals surface area contributed by atoms with Crippen molar-refractivity contribution in [3.63, 3.8) is 0 Å². The SMILES string of the molecule is CC1(C)CC(C)(C)C2(c3ccccc3)SC1S2. The van der Waals surface area contributed by atoms with Crippen LogP contribution in [0.1, 0.15) is 39.7 Å². The zero-order valence-electron chi connectivity index (χ0n) is 11.0. The first-order chi connectivity index (χ1) is 7.87. The van der Waals surface area contributed by atoms with Crippen molar-refractivity contribution in [1.29, 1.82) is 0 Å². The quantitative estimate of drug-likeness (QED) is 0.692. The lowest BCUT2D eigenvalue weighted by molar-refractivity contribution is 0.158. The molecule has 2 heteroatoms. The van der Waals surface area contributed by atoms with Crippen LogP contribution >= 0.6 is 23.5 Å². The second-order valence-electron chi connectivity index (χ2n) is 6.60. The van der Waals surface area contributed by atoms with E-state index in [-0.39, 0.29) is 0 Å². The maximum absolute atomic E-state index is 2.44. The maximum atomic E-state index is 2.44. The van der Waals surface area contributed by atoms with Crippen molar-refractivity contribution in [2.24, 2.45) is 10.8 Å². The van der Waals surface area contributed by atoms with Crippen molar-refractivity contribution in [2.45, 2.75) is 42.8 Å². The van der Waals surface area contributed by atoms with Crippen LogP contribution in [0.25, 0.3) is 0 Å². The number of hydrogen-bond donors (Lipinski definition) is 0. The molecule has 0 radical (unpaired) electrons. The van der Waals surface area contributed by atoms with E-state index in [1.165, 1.54) is 12.0 Å². The van der Waals surface area contributed by atoms with Crippen LogP contribution in [-0.4, -0.2) is 4.58 Å². The van der Waals surface area contributed by atoms with E-state index in [1.807, 2.05) is 0 Å². The van der Waals surface area contributed by atoms with E-state index in [0.717, 1.165) is 4.58 Å². The van der Waals surface area contributed by atoms with Gasteiger partial charge in [-0.3, -0.25) is 0 Å². The highest BCUT2D eigenvalue weighted by molar-refractivity contribution is 8.34. The van der Waals surface area contributed by atoms with Crippen LogP contribution in [0.4, 0.5) is 0 Å². The Morgan fingerprint density at radius 1 is 1.00 bits per heavy atom. The molecule has 0 spiro atoms. The first kappa shape index (κ1) is 12.0. The molecule has 4 rings (SSSR count). The van der Waals surface area contributed by atoms with Gasteiger partial charge in [0, 0.05) is 0 Å². The summed E-state index contributed by atoms with van der Waals surface area (Å²) in [5.74, 6) is 0. The van der Waals surface area contributed by atoms with Crippen molar-refractivity contribution < 1.29 is 0 Å². The number of benzene rings is 1. The summed E-state index contributed by atoms with van der Waals surface area (Å²) in [4.78, 5) is 0. The highest BCUT2D eigenvalue weighted by Crippen LogP contribution is 2.79. The minimum Gasteiger partial charge on any atom is -0.124 e. The zero-order chi connectivity index (χ0) is 12.3. The minimum absolute atomic E-state index is 0.300. The number of fused-ring (bicyclic) bond motifs is 2. The zero-order valence-corrected chi connectivity index (χ0v) is 12.6. The summed E-state index contributed by atoms with van der Waals surface area (Å²) < 4.78 is 1.07. The monoisotopic (exact) mass is 264 g/mol. The number of thioether (sulfide) groups is 2. The predicted molar refractivity (Wildman–Crippen MR) is 79.3 cm³/mol. The summed E-state index contributed by atoms with van der Waals surface area (Å²) in [7, 11) is 0. The highest BCUT2D eigenvalue weighted by atomic mass is 32.3.